The number of ether oxygens (including phenoxy) is 1. The van der Waals surface area contributed by atoms with Crippen LogP contribution < -0.4 is 9.57 Å². The SMILES string of the molecule is CCCCOc1ccc(/C=N\NS(=O)(=O)c2ccccc2)cc1. The summed E-state index contributed by atoms with van der Waals surface area (Å²) in [6.07, 6.45) is 3.56. The highest BCUT2D eigenvalue weighted by molar-refractivity contribution is 7.89. The average molecular weight is 332 g/mol. The lowest BCUT2D eigenvalue weighted by Gasteiger charge is -2.05. The summed E-state index contributed by atoms with van der Waals surface area (Å²) in [6, 6.07) is 15.4. The Kier molecular flexibility index (Phi) is 6.17. The number of rotatable bonds is 8. The number of hydrogen-bond donors (Lipinski definition) is 1. The predicted octanol–water partition coefficient (Wildman–Crippen LogP) is 3.18. The maximum Gasteiger partial charge on any atom is 0.276 e. The average Bonchev–Trinajstić information content (AvgIpc) is 2.57. The summed E-state index contributed by atoms with van der Waals surface area (Å²) < 4.78 is 29.5. The van der Waals surface area contributed by atoms with E-state index in [0.29, 0.717) is 6.61 Å². The minimum Gasteiger partial charge on any atom is -0.494 e. The molecule has 0 aliphatic carbocycles. The molecular formula is C17H20N2O3S. The van der Waals surface area contributed by atoms with Gasteiger partial charge in [0.25, 0.3) is 10.0 Å². The van der Waals surface area contributed by atoms with E-state index in [2.05, 4.69) is 16.9 Å². The Morgan fingerprint density at radius 3 is 2.43 bits per heavy atom. The second kappa shape index (κ2) is 8.33. The van der Waals surface area contributed by atoms with E-state index < -0.39 is 10.0 Å². The molecule has 0 amide bonds. The standard InChI is InChI=1S/C17H20N2O3S/c1-2-3-13-22-16-11-9-15(10-12-16)14-18-19-23(20,21)17-7-5-4-6-8-17/h4-12,14,19H,2-3,13H2,1H3/b18-14-. The van der Waals surface area contributed by atoms with Crippen LogP contribution in [0.2, 0.25) is 0 Å². The fourth-order valence-corrected chi connectivity index (χ4v) is 2.62. The van der Waals surface area contributed by atoms with Crippen molar-refractivity contribution in [2.75, 3.05) is 6.61 Å². The Morgan fingerprint density at radius 1 is 1.09 bits per heavy atom. The van der Waals surface area contributed by atoms with Crippen LogP contribution in [0, 0.1) is 0 Å². The lowest BCUT2D eigenvalue weighted by Crippen LogP contribution is -2.18. The van der Waals surface area contributed by atoms with Crippen LogP contribution in [0.4, 0.5) is 0 Å². The van der Waals surface area contributed by atoms with E-state index in [1.807, 2.05) is 24.3 Å². The monoisotopic (exact) mass is 332 g/mol. The Balaban J connectivity index is 1.93. The molecule has 0 radical (unpaired) electrons. The van der Waals surface area contributed by atoms with Gasteiger partial charge in [0.05, 0.1) is 17.7 Å². The Labute approximate surface area is 137 Å². The molecule has 6 heteroatoms. The predicted molar refractivity (Wildman–Crippen MR) is 91.2 cm³/mol. The molecule has 0 unspecified atom stereocenters. The first-order valence-electron chi connectivity index (χ1n) is 7.44. The molecule has 0 spiro atoms. The fourth-order valence-electron chi connectivity index (χ4n) is 1.81. The van der Waals surface area contributed by atoms with Gasteiger partial charge in [0.15, 0.2) is 0 Å². The number of sulfonamides is 1. The molecule has 0 saturated heterocycles. The largest absolute Gasteiger partial charge is 0.494 e. The van der Waals surface area contributed by atoms with Crippen molar-refractivity contribution in [1.82, 2.24) is 4.83 Å². The maximum atomic E-state index is 12.0. The highest BCUT2D eigenvalue weighted by Gasteiger charge is 2.10. The van der Waals surface area contributed by atoms with Crippen LogP contribution in [0.1, 0.15) is 25.3 Å². The summed E-state index contributed by atoms with van der Waals surface area (Å²) in [5, 5.41) is 3.79. The van der Waals surface area contributed by atoms with E-state index in [4.69, 9.17) is 4.74 Å². The van der Waals surface area contributed by atoms with E-state index in [1.54, 1.807) is 18.2 Å². The molecule has 0 atom stereocenters. The number of nitrogens with one attached hydrogen (secondary N) is 1. The summed E-state index contributed by atoms with van der Waals surface area (Å²) in [7, 11) is -3.63. The Hall–Kier alpha value is -2.34. The van der Waals surface area contributed by atoms with Crippen molar-refractivity contribution in [2.24, 2.45) is 5.10 Å². The molecule has 0 saturated carbocycles. The molecule has 23 heavy (non-hydrogen) atoms. The van der Waals surface area contributed by atoms with Crippen molar-refractivity contribution in [3.8, 4) is 5.75 Å². The van der Waals surface area contributed by atoms with Crippen LogP contribution in [-0.2, 0) is 10.0 Å². The van der Waals surface area contributed by atoms with E-state index in [9.17, 15) is 8.42 Å². The molecule has 1 N–H and O–H groups in total. The van der Waals surface area contributed by atoms with Crippen LogP contribution in [0.3, 0.4) is 0 Å². The third kappa shape index (κ3) is 5.41. The summed E-state index contributed by atoms with van der Waals surface area (Å²) in [4.78, 5) is 2.37. The molecule has 2 aromatic carbocycles. The molecule has 0 bridgehead atoms. The van der Waals surface area contributed by atoms with Gasteiger partial charge in [-0.3, -0.25) is 0 Å². The molecule has 122 valence electrons. The van der Waals surface area contributed by atoms with Crippen LogP contribution in [0.25, 0.3) is 0 Å². The minimum atomic E-state index is -3.63. The zero-order valence-corrected chi connectivity index (χ0v) is 13.8. The number of hydrazone groups is 1. The second-order valence-corrected chi connectivity index (χ2v) is 6.60. The number of hydrogen-bond acceptors (Lipinski definition) is 4. The molecule has 0 aliphatic heterocycles. The van der Waals surface area contributed by atoms with Crippen molar-refractivity contribution < 1.29 is 13.2 Å². The maximum absolute atomic E-state index is 12.0. The van der Waals surface area contributed by atoms with Gasteiger partial charge in [0.2, 0.25) is 0 Å². The van der Waals surface area contributed by atoms with Gasteiger partial charge < -0.3 is 4.74 Å². The second-order valence-electron chi connectivity index (χ2n) is 4.94. The topological polar surface area (TPSA) is 67.8 Å². The van der Waals surface area contributed by atoms with Gasteiger partial charge in [-0.05, 0) is 48.4 Å². The zero-order chi connectivity index (χ0) is 16.5. The Bertz CT molecular complexity index is 726. The first-order valence-corrected chi connectivity index (χ1v) is 8.93. The quantitative estimate of drug-likeness (QED) is 0.459. The van der Waals surface area contributed by atoms with Crippen molar-refractivity contribution in [3.63, 3.8) is 0 Å². The van der Waals surface area contributed by atoms with Gasteiger partial charge in [-0.15, -0.1) is 0 Å². The molecule has 5 nitrogen and oxygen atoms in total. The van der Waals surface area contributed by atoms with Crippen LogP contribution in [0.5, 0.6) is 5.75 Å². The number of nitrogens with zero attached hydrogens (tertiary/aromatic N) is 1. The van der Waals surface area contributed by atoms with Crippen LogP contribution in [-0.4, -0.2) is 21.2 Å². The molecule has 0 heterocycles. The van der Waals surface area contributed by atoms with Crippen molar-refractivity contribution in [2.45, 2.75) is 24.7 Å². The first kappa shape index (κ1) is 17.0. The van der Waals surface area contributed by atoms with Crippen molar-refractivity contribution in [3.05, 3.63) is 60.2 Å². The lowest BCUT2D eigenvalue weighted by atomic mass is 10.2. The Morgan fingerprint density at radius 2 is 1.78 bits per heavy atom. The fraction of sp³-hybridized carbons (Fsp3) is 0.235. The summed E-state index contributed by atoms with van der Waals surface area (Å²) in [5.74, 6) is 0.792. The first-order chi connectivity index (χ1) is 11.1. The van der Waals surface area contributed by atoms with Crippen molar-refractivity contribution >= 4 is 16.2 Å². The summed E-state index contributed by atoms with van der Waals surface area (Å²) in [5.41, 5.74) is 0.781. The molecule has 2 aromatic rings. The number of benzene rings is 2. The van der Waals surface area contributed by atoms with Crippen LogP contribution >= 0.6 is 0 Å². The van der Waals surface area contributed by atoms with E-state index in [-0.39, 0.29) is 4.90 Å². The van der Waals surface area contributed by atoms with Gasteiger partial charge in [0, 0.05) is 0 Å². The molecular weight excluding hydrogens is 312 g/mol. The smallest absolute Gasteiger partial charge is 0.276 e. The molecule has 2 rings (SSSR count). The van der Waals surface area contributed by atoms with Gasteiger partial charge in [0.1, 0.15) is 5.75 Å². The zero-order valence-electron chi connectivity index (χ0n) is 13.0. The molecule has 0 fully saturated rings. The third-order valence-corrected chi connectivity index (χ3v) is 4.33. The highest BCUT2D eigenvalue weighted by atomic mass is 32.2. The molecule has 0 aliphatic rings. The van der Waals surface area contributed by atoms with Gasteiger partial charge in [-0.1, -0.05) is 31.5 Å². The van der Waals surface area contributed by atoms with E-state index >= 15 is 0 Å². The molecule has 0 aromatic heterocycles. The normalized spacial score (nSPS) is 11.5. The van der Waals surface area contributed by atoms with Gasteiger partial charge in [-0.2, -0.15) is 13.5 Å². The van der Waals surface area contributed by atoms with Crippen molar-refractivity contribution in [1.29, 1.82) is 0 Å². The third-order valence-electron chi connectivity index (χ3n) is 3.09. The minimum absolute atomic E-state index is 0.178. The summed E-state index contributed by atoms with van der Waals surface area (Å²) in [6.45, 7) is 2.81. The highest BCUT2D eigenvalue weighted by Crippen LogP contribution is 2.12. The van der Waals surface area contributed by atoms with E-state index in [0.717, 1.165) is 24.2 Å². The van der Waals surface area contributed by atoms with Gasteiger partial charge in [-0.25, -0.2) is 4.83 Å². The lowest BCUT2D eigenvalue weighted by molar-refractivity contribution is 0.309. The van der Waals surface area contributed by atoms with Crippen LogP contribution in [0.15, 0.2) is 64.6 Å². The summed E-state index contributed by atoms with van der Waals surface area (Å²) >= 11 is 0. The van der Waals surface area contributed by atoms with E-state index in [1.165, 1.54) is 18.3 Å². The number of unbranched alkanes of at least 4 members (excludes halogenated alkanes) is 1. The van der Waals surface area contributed by atoms with Gasteiger partial charge >= 0.3 is 0 Å².